The first kappa shape index (κ1) is 16.9. The van der Waals surface area contributed by atoms with Crippen molar-refractivity contribution < 1.29 is 17.9 Å². The molecule has 0 saturated heterocycles. The maximum absolute atomic E-state index is 12.2. The standard InChI is InChI=1S/C15H22N2O4S/c1-2-14(21-12-7-4-3-5-8-12)15(18)17-22(19,20)13-9-6-10-16-11-13/h6,9-12,14H,2-5,7-8H2,1H3,(H,17,18). The minimum atomic E-state index is -3.90. The number of hydrogen-bond donors (Lipinski definition) is 1. The molecule has 2 rings (SSSR count). The van der Waals surface area contributed by atoms with Gasteiger partial charge in [-0.05, 0) is 31.4 Å². The number of rotatable bonds is 6. The molecule has 0 spiro atoms. The van der Waals surface area contributed by atoms with Gasteiger partial charge in [-0.3, -0.25) is 9.78 Å². The van der Waals surface area contributed by atoms with Gasteiger partial charge in [-0.1, -0.05) is 26.2 Å². The fraction of sp³-hybridized carbons (Fsp3) is 0.600. The first-order valence-electron chi connectivity index (χ1n) is 7.65. The van der Waals surface area contributed by atoms with Gasteiger partial charge in [-0.2, -0.15) is 0 Å². The molecular formula is C15H22N2O4S. The van der Waals surface area contributed by atoms with Gasteiger partial charge in [0.15, 0.2) is 0 Å². The van der Waals surface area contributed by atoms with Gasteiger partial charge in [0.05, 0.1) is 6.10 Å². The Hall–Kier alpha value is -1.47. The molecule has 1 saturated carbocycles. The van der Waals surface area contributed by atoms with Crippen molar-refractivity contribution in [1.82, 2.24) is 9.71 Å². The summed E-state index contributed by atoms with van der Waals surface area (Å²) in [6.07, 6.45) is 7.66. The van der Waals surface area contributed by atoms with E-state index < -0.39 is 22.0 Å². The second-order valence-corrected chi connectivity index (χ2v) is 7.13. The Morgan fingerprint density at radius 1 is 1.41 bits per heavy atom. The molecule has 6 nitrogen and oxygen atoms in total. The number of nitrogens with one attached hydrogen (secondary N) is 1. The quantitative estimate of drug-likeness (QED) is 0.864. The lowest BCUT2D eigenvalue weighted by atomic mass is 9.97. The molecule has 1 atom stereocenters. The Bertz CT molecular complexity index is 583. The Morgan fingerprint density at radius 3 is 2.73 bits per heavy atom. The van der Waals surface area contributed by atoms with E-state index in [9.17, 15) is 13.2 Å². The first-order valence-corrected chi connectivity index (χ1v) is 9.13. The Labute approximate surface area is 131 Å². The third-order valence-corrected chi connectivity index (χ3v) is 5.08. The summed E-state index contributed by atoms with van der Waals surface area (Å²) in [5.74, 6) is -0.614. The van der Waals surface area contributed by atoms with Crippen molar-refractivity contribution in [3.05, 3.63) is 24.5 Å². The SMILES string of the molecule is CCC(OC1CCCCC1)C(=O)NS(=O)(=O)c1cccnc1. The van der Waals surface area contributed by atoms with Crippen molar-refractivity contribution in [2.24, 2.45) is 0 Å². The molecule has 1 aliphatic carbocycles. The monoisotopic (exact) mass is 326 g/mol. The van der Waals surface area contributed by atoms with E-state index in [0.717, 1.165) is 25.7 Å². The lowest BCUT2D eigenvalue weighted by Crippen LogP contribution is -2.41. The molecule has 7 heteroatoms. The van der Waals surface area contributed by atoms with Crippen LogP contribution in [0.25, 0.3) is 0 Å². The highest BCUT2D eigenvalue weighted by Gasteiger charge is 2.27. The molecule has 0 radical (unpaired) electrons. The van der Waals surface area contributed by atoms with Crippen LogP contribution in [0, 0.1) is 0 Å². The molecule has 122 valence electrons. The first-order chi connectivity index (χ1) is 10.5. The Balaban J connectivity index is 1.99. The Kier molecular flexibility index (Phi) is 5.90. The molecule has 1 aliphatic rings. The van der Waals surface area contributed by atoms with Gasteiger partial charge < -0.3 is 4.74 Å². The van der Waals surface area contributed by atoms with E-state index in [1.807, 2.05) is 6.92 Å². The summed E-state index contributed by atoms with van der Waals surface area (Å²) in [5.41, 5.74) is 0. The predicted octanol–water partition coefficient (Wildman–Crippen LogP) is 2.01. The fourth-order valence-corrected chi connectivity index (χ4v) is 3.51. The lowest BCUT2D eigenvalue weighted by Gasteiger charge is -2.26. The summed E-state index contributed by atoms with van der Waals surface area (Å²) in [5, 5.41) is 0. The van der Waals surface area contributed by atoms with Crippen molar-refractivity contribution in [3.8, 4) is 0 Å². The van der Waals surface area contributed by atoms with Crippen LogP contribution in [0.1, 0.15) is 45.4 Å². The third kappa shape index (κ3) is 4.51. The second-order valence-electron chi connectivity index (χ2n) is 5.45. The molecular weight excluding hydrogens is 304 g/mol. The van der Waals surface area contributed by atoms with E-state index in [2.05, 4.69) is 9.71 Å². The molecule has 1 aromatic heterocycles. The Morgan fingerprint density at radius 2 is 2.14 bits per heavy atom. The van der Waals surface area contributed by atoms with Crippen molar-refractivity contribution >= 4 is 15.9 Å². The van der Waals surface area contributed by atoms with Gasteiger partial charge in [-0.15, -0.1) is 0 Å². The number of nitrogens with zero attached hydrogens (tertiary/aromatic N) is 1. The van der Waals surface area contributed by atoms with E-state index in [-0.39, 0.29) is 11.0 Å². The van der Waals surface area contributed by atoms with Crippen molar-refractivity contribution in [3.63, 3.8) is 0 Å². The summed E-state index contributed by atoms with van der Waals surface area (Å²) in [7, 11) is -3.90. The summed E-state index contributed by atoms with van der Waals surface area (Å²) < 4.78 is 32.1. The van der Waals surface area contributed by atoms with E-state index in [0.29, 0.717) is 6.42 Å². The van der Waals surface area contributed by atoms with Crippen molar-refractivity contribution in [2.75, 3.05) is 0 Å². The van der Waals surface area contributed by atoms with Crippen LogP contribution in [-0.4, -0.2) is 31.5 Å². The highest BCUT2D eigenvalue weighted by Crippen LogP contribution is 2.22. The molecule has 1 fully saturated rings. The van der Waals surface area contributed by atoms with Crippen LogP contribution in [0.3, 0.4) is 0 Å². The summed E-state index contributed by atoms with van der Waals surface area (Å²) in [6, 6.07) is 2.90. The maximum Gasteiger partial charge on any atom is 0.265 e. The maximum atomic E-state index is 12.2. The van der Waals surface area contributed by atoms with Gasteiger partial charge in [0, 0.05) is 12.4 Å². The van der Waals surface area contributed by atoms with Gasteiger partial charge in [0.1, 0.15) is 11.0 Å². The van der Waals surface area contributed by atoms with Gasteiger partial charge in [-0.25, -0.2) is 13.1 Å². The van der Waals surface area contributed by atoms with E-state index >= 15 is 0 Å². The number of sulfonamides is 1. The summed E-state index contributed by atoms with van der Waals surface area (Å²) >= 11 is 0. The minimum Gasteiger partial charge on any atom is -0.365 e. The van der Waals surface area contributed by atoms with Gasteiger partial charge in [0.25, 0.3) is 15.9 Å². The average Bonchev–Trinajstić information content (AvgIpc) is 2.54. The number of aromatic nitrogens is 1. The predicted molar refractivity (Wildman–Crippen MR) is 81.6 cm³/mol. The minimum absolute atomic E-state index is 0.0316. The van der Waals surface area contributed by atoms with Crippen LogP contribution in [0.5, 0.6) is 0 Å². The zero-order valence-electron chi connectivity index (χ0n) is 12.7. The van der Waals surface area contributed by atoms with Crippen molar-refractivity contribution in [2.45, 2.75) is 62.6 Å². The van der Waals surface area contributed by atoms with Crippen LogP contribution in [0.15, 0.2) is 29.4 Å². The van der Waals surface area contributed by atoms with E-state index in [1.54, 1.807) is 0 Å². The highest BCUT2D eigenvalue weighted by molar-refractivity contribution is 7.90. The smallest absolute Gasteiger partial charge is 0.265 e. The number of carbonyl (C=O) groups is 1. The summed E-state index contributed by atoms with van der Waals surface area (Å²) in [4.78, 5) is 15.9. The second kappa shape index (κ2) is 7.69. The zero-order valence-corrected chi connectivity index (χ0v) is 13.5. The number of pyridine rings is 1. The normalized spacial score (nSPS) is 17.9. The van der Waals surface area contributed by atoms with E-state index in [1.165, 1.54) is 30.9 Å². The van der Waals surface area contributed by atoms with Gasteiger partial charge >= 0.3 is 0 Å². The topological polar surface area (TPSA) is 85.4 Å². The molecule has 0 aliphatic heterocycles. The number of hydrogen-bond acceptors (Lipinski definition) is 5. The zero-order chi connectivity index (χ0) is 16.0. The largest absolute Gasteiger partial charge is 0.365 e. The fourth-order valence-electron chi connectivity index (χ4n) is 2.54. The third-order valence-electron chi connectivity index (χ3n) is 3.75. The number of amides is 1. The molecule has 1 unspecified atom stereocenters. The van der Waals surface area contributed by atoms with E-state index in [4.69, 9.17) is 4.74 Å². The number of ether oxygens (including phenoxy) is 1. The lowest BCUT2D eigenvalue weighted by molar-refractivity contribution is -0.136. The van der Waals surface area contributed by atoms with Crippen LogP contribution in [0.2, 0.25) is 0 Å². The number of carbonyl (C=O) groups excluding carboxylic acids is 1. The molecule has 1 amide bonds. The molecule has 1 N–H and O–H groups in total. The molecule has 0 bridgehead atoms. The summed E-state index contributed by atoms with van der Waals surface area (Å²) in [6.45, 7) is 1.81. The molecule has 22 heavy (non-hydrogen) atoms. The van der Waals surface area contributed by atoms with Gasteiger partial charge in [0.2, 0.25) is 0 Å². The van der Waals surface area contributed by atoms with Crippen LogP contribution in [0.4, 0.5) is 0 Å². The molecule has 0 aromatic carbocycles. The molecule has 1 heterocycles. The van der Waals surface area contributed by atoms with Crippen LogP contribution < -0.4 is 4.72 Å². The average molecular weight is 326 g/mol. The van der Waals surface area contributed by atoms with Crippen LogP contribution >= 0.6 is 0 Å². The van der Waals surface area contributed by atoms with Crippen LogP contribution in [-0.2, 0) is 19.6 Å². The molecule has 1 aromatic rings. The van der Waals surface area contributed by atoms with Crippen molar-refractivity contribution in [1.29, 1.82) is 0 Å². The highest BCUT2D eigenvalue weighted by atomic mass is 32.2.